The Balaban J connectivity index is 2.07. The van der Waals surface area contributed by atoms with E-state index in [2.05, 4.69) is 15.6 Å². The number of hydrogen-bond donors (Lipinski definition) is 3. The fourth-order valence-corrected chi connectivity index (χ4v) is 3.42. The smallest absolute Gasteiger partial charge is 0.238 e. The Kier molecular flexibility index (Phi) is 9.77. The summed E-state index contributed by atoms with van der Waals surface area (Å²) in [6, 6.07) is 12.6. The molecular weight excluding hydrogens is 416 g/mol. The second-order valence-electron chi connectivity index (χ2n) is 7.05. The van der Waals surface area contributed by atoms with Crippen LogP contribution < -0.4 is 20.5 Å². The predicted octanol–water partition coefficient (Wildman–Crippen LogP) is 2.31. The maximum Gasteiger partial charge on any atom is 0.238 e. The van der Waals surface area contributed by atoms with E-state index < -0.39 is 10.0 Å². The number of hydrogen-bond acceptors (Lipinski definition) is 5. The molecule has 2 aromatic carbocycles. The van der Waals surface area contributed by atoms with Gasteiger partial charge in [-0.1, -0.05) is 24.3 Å². The summed E-state index contributed by atoms with van der Waals surface area (Å²) in [5.41, 5.74) is 2.90. The highest BCUT2D eigenvalue weighted by atomic mass is 32.2. The summed E-state index contributed by atoms with van der Waals surface area (Å²) < 4.78 is 34.1. The summed E-state index contributed by atoms with van der Waals surface area (Å²) in [5, 5.41) is 11.7. The van der Waals surface area contributed by atoms with Gasteiger partial charge in [-0.2, -0.15) is 0 Å². The van der Waals surface area contributed by atoms with Gasteiger partial charge < -0.3 is 20.1 Å². The van der Waals surface area contributed by atoms with E-state index in [1.54, 1.807) is 13.2 Å². The highest BCUT2D eigenvalue weighted by molar-refractivity contribution is 7.89. The Bertz CT molecular complexity index is 977. The number of aliphatic imine (C=N–C) groups is 1. The van der Waals surface area contributed by atoms with Gasteiger partial charge in [0, 0.05) is 38.8 Å². The average Bonchev–Trinajstić information content (AvgIpc) is 2.74. The highest BCUT2D eigenvalue weighted by Gasteiger charge is 2.09. The molecule has 0 bridgehead atoms. The second-order valence-corrected chi connectivity index (χ2v) is 8.61. The highest BCUT2D eigenvalue weighted by Crippen LogP contribution is 2.20. The number of guanidine groups is 1. The van der Waals surface area contributed by atoms with Crippen LogP contribution in [-0.2, 0) is 27.8 Å². The predicted molar refractivity (Wildman–Crippen MR) is 123 cm³/mol. The van der Waals surface area contributed by atoms with Crippen molar-refractivity contribution in [3.8, 4) is 5.75 Å². The molecule has 0 radical (unpaired) electrons. The van der Waals surface area contributed by atoms with Crippen molar-refractivity contribution in [1.29, 1.82) is 0 Å². The summed E-state index contributed by atoms with van der Waals surface area (Å²) in [7, 11) is -2.07. The van der Waals surface area contributed by atoms with Gasteiger partial charge in [0.1, 0.15) is 5.75 Å². The van der Waals surface area contributed by atoms with E-state index >= 15 is 0 Å². The van der Waals surface area contributed by atoms with Crippen molar-refractivity contribution in [3.05, 3.63) is 59.2 Å². The third-order valence-corrected chi connectivity index (χ3v) is 5.32. The molecule has 2 aromatic rings. The molecule has 0 saturated heterocycles. The first-order valence-electron chi connectivity index (χ1n) is 10.2. The number of aryl methyl sites for hydroxylation is 1. The Labute approximate surface area is 184 Å². The summed E-state index contributed by atoms with van der Waals surface area (Å²) in [4.78, 5) is 4.63. The van der Waals surface area contributed by atoms with Crippen LogP contribution in [0.2, 0.25) is 0 Å². The van der Waals surface area contributed by atoms with E-state index in [1.165, 1.54) is 12.1 Å². The number of ether oxygens (including phenoxy) is 2. The lowest BCUT2D eigenvalue weighted by atomic mass is 10.1. The Morgan fingerprint density at radius 3 is 2.65 bits per heavy atom. The molecule has 2 rings (SSSR count). The third-order valence-electron chi connectivity index (χ3n) is 4.41. The zero-order valence-corrected chi connectivity index (χ0v) is 19.2. The molecule has 0 aliphatic heterocycles. The van der Waals surface area contributed by atoms with Gasteiger partial charge in [-0.15, -0.1) is 0 Å². The van der Waals surface area contributed by atoms with Gasteiger partial charge in [0.2, 0.25) is 10.0 Å². The number of benzene rings is 2. The molecule has 0 spiro atoms. The van der Waals surface area contributed by atoms with Gasteiger partial charge in [0.25, 0.3) is 0 Å². The first-order chi connectivity index (χ1) is 14.8. The minimum Gasteiger partial charge on any atom is -0.493 e. The SMILES string of the molecule is CCNC(=NCc1cccc(S(N)(=O)=O)c1)NCc1ccc(C)cc1OCCCOC. The summed E-state index contributed by atoms with van der Waals surface area (Å²) in [5.74, 6) is 1.45. The van der Waals surface area contributed by atoms with Gasteiger partial charge in [-0.25, -0.2) is 18.5 Å². The minimum atomic E-state index is -3.74. The zero-order valence-electron chi connectivity index (χ0n) is 18.3. The molecular formula is C22H32N4O4S. The maximum absolute atomic E-state index is 11.6. The van der Waals surface area contributed by atoms with E-state index in [-0.39, 0.29) is 4.90 Å². The fraction of sp³-hybridized carbons (Fsp3) is 0.409. The van der Waals surface area contributed by atoms with Gasteiger partial charge in [-0.05, 0) is 43.2 Å². The number of primary sulfonamides is 1. The van der Waals surface area contributed by atoms with E-state index in [9.17, 15) is 8.42 Å². The lowest BCUT2D eigenvalue weighted by Crippen LogP contribution is -2.36. The molecule has 0 atom stereocenters. The summed E-state index contributed by atoms with van der Waals surface area (Å²) in [6.07, 6.45) is 0.818. The first-order valence-corrected chi connectivity index (χ1v) is 11.7. The van der Waals surface area contributed by atoms with Crippen molar-refractivity contribution >= 4 is 16.0 Å². The molecule has 0 aliphatic carbocycles. The molecule has 31 heavy (non-hydrogen) atoms. The quantitative estimate of drug-likeness (QED) is 0.276. The number of rotatable bonds is 11. The lowest BCUT2D eigenvalue weighted by molar-refractivity contribution is 0.171. The van der Waals surface area contributed by atoms with Gasteiger partial charge in [0.15, 0.2) is 5.96 Å². The monoisotopic (exact) mass is 448 g/mol. The van der Waals surface area contributed by atoms with Gasteiger partial charge >= 0.3 is 0 Å². The Hall–Kier alpha value is -2.62. The number of nitrogens with one attached hydrogen (secondary N) is 2. The largest absolute Gasteiger partial charge is 0.493 e. The lowest BCUT2D eigenvalue weighted by Gasteiger charge is -2.15. The van der Waals surface area contributed by atoms with E-state index in [4.69, 9.17) is 14.6 Å². The number of nitrogens with two attached hydrogens (primary N) is 1. The van der Waals surface area contributed by atoms with Crippen LogP contribution in [0.3, 0.4) is 0 Å². The van der Waals surface area contributed by atoms with E-state index in [1.807, 2.05) is 38.1 Å². The Morgan fingerprint density at radius 2 is 1.94 bits per heavy atom. The van der Waals surface area contributed by atoms with E-state index in [0.29, 0.717) is 38.8 Å². The molecule has 0 heterocycles. The molecule has 0 aliphatic rings. The van der Waals surface area contributed by atoms with Crippen molar-refractivity contribution in [1.82, 2.24) is 10.6 Å². The van der Waals surface area contributed by atoms with Crippen molar-refractivity contribution in [2.45, 2.75) is 38.3 Å². The molecule has 9 heteroatoms. The van der Waals surface area contributed by atoms with Crippen LogP contribution in [0.1, 0.15) is 30.0 Å². The molecule has 0 amide bonds. The first kappa shape index (κ1) is 24.6. The van der Waals surface area contributed by atoms with Crippen LogP contribution in [0.5, 0.6) is 5.75 Å². The van der Waals surface area contributed by atoms with Gasteiger partial charge in [-0.3, -0.25) is 0 Å². The van der Waals surface area contributed by atoms with Crippen LogP contribution in [0.25, 0.3) is 0 Å². The Morgan fingerprint density at radius 1 is 1.13 bits per heavy atom. The van der Waals surface area contributed by atoms with Gasteiger partial charge in [0.05, 0.1) is 18.0 Å². The maximum atomic E-state index is 11.6. The topological polar surface area (TPSA) is 115 Å². The average molecular weight is 449 g/mol. The summed E-state index contributed by atoms with van der Waals surface area (Å²) in [6.45, 7) is 6.78. The third kappa shape index (κ3) is 8.56. The molecule has 4 N–H and O–H groups in total. The minimum absolute atomic E-state index is 0.0769. The molecule has 0 fully saturated rings. The molecule has 8 nitrogen and oxygen atoms in total. The standard InChI is InChI=1S/C22H32N4O4S/c1-4-24-22(25-15-18-7-5-8-20(14-18)31(23,27)28)26-16-19-10-9-17(2)13-21(19)30-12-6-11-29-3/h5,7-10,13-14H,4,6,11-12,15-16H2,1-3H3,(H2,23,27,28)(H2,24,25,26). The van der Waals surface area contributed by atoms with E-state index in [0.717, 1.165) is 28.9 Å². The summed E-state index contributed by atoms with van der Waals surface area (Å²) >= 11 is 0. The molecule has 0 saturated carbocycles. The van der Waals surface area contributed by atoms with Crippen molar-refractivity contribution in [2.75, 3.05) is 26.9 Å². The molecule has 0 unspecified atom stereocenters. The van der Waals surface area contributed by atoms with Crippen LogP contribution >= 0.6 is 0 Å². The zero-order chi connectivity index (χ0) is 22.7. The van der Waals surface area contributed by atoms with Crippen molar-refractivity contribution in [2.24, 2.45) is 10.1 Å². The normalized spacial score (nSPS) is 11.9. The molecule has 170 valence electrons. The second kappa shape index (κ2) is 12.3. The molecule has 0 aromatic heterocycles. The van der Waals surface area contributed by atoms with Crippen molar-refractivity contribution < 1.29 is 17.9 Å². The van der Waals surface area contributed by atoms with Crippen LogP contribution in [0, 0.1) is 6.92 Å². The van der Waals surface area contributed by atoms with Crippen LogP contribution in [-0.4, -0.2) is 41.2 Å². The fourth-order valence-electron chi connectivity index (χ4n) is 2.84. The van der Waals surface area contributed by atoms with Crippen LogP contribution in [0.15, 0.2) is 52.4 Å². The van der Waals surface area contributed by atoms with Crippen LogP contribution in [0.4, 0.5) is 0 Å². The number of methoxy groups -OCH3 is 1. The van der Waals surface area contributed by atoms with Crippen molar-refractivity contribution in [3.63, 3.8) is 0 Å². The number of nitrogens with zero attached hydrogens (tertiary/aromatic N) is 1. The number of sulfonamides is 1.